The monoisotopic (exact) mass is 383 g/mol. The number of pyridine rings is 2. The van der Waals surface area contributed by atoms with E-state index in [0.717, 1.165) is 5.69 Å². The number of carbonyl (C=O) groups is 2. The smallest absolute Gasteiger partial charge is 0.344 e. The number of aromatic nitrogens is 2. The highest BCUT2D eigenvalue weighted by Gasteiger charge is 2.18. The lowest BCUT2D eigenvalue weighted by atomic mass is 10.2. The summed E-state index contributed by atoms with van der Waals surface area (Å²) in [4.78, 5) is 41.3. The molecule has 0 aliphatic rings. The van der Waals surface area contributed by atoms with Crippen LogP contribution in [-0.4, -0.2) is 28.0 Å². The number of fused-ring (bicyclic) bond motifs is 1. The standard InChI is InChI=1S/C20H18FN3O4/c1-3-24-10-16(18(26)15-9-4-12(2)22-19(15)24)20(27)28-11-17(25)23-14-7-5-13(21)6-8-14/h4-10H,3,11H2,1-2H3,(H,23,25). The Kier molecular flexibility index (Phi) is 5.49. The van der Waals surface area contributed by atoms with Crippen LogP contribution >= 0.6 is 0 Å². The van der Waals surface area contributed by atoms with E-state index in [4.69, 9.17) is 4.74 Å². The van der Waals surface area contributed by atoms with Crippen LogP contribution in [0.1, 0.15) is 23.0 Å². The SMILES string of the molecule is CCn1cc(C(=O)OCC(=O)Nc2ccc(F)cc2)c(=O)c2ccc(C)nc21. The van der Waals surface area contributed by atoms with E-state index in [1.54, 1.807) is 16.7 Å². The van der Waals surface area contributed by atoms with Gasteiger partial charge >= 0.3 is 5.97 Å². The molecule has 144 valence electrons. The van der Waals surface area contributed by atoms with Crippen molar-refractivity contribution in [1.29, 1.82) is 0 Å². The number of hydrogen-bond acceptors (Lipinski definition) is 5. The maximum Gasteiger partial charge on any atom is 0.344 e. The van der Waals surface area contributed by atoms with Crippen molar-refractivity contribution in [1.82, 2.24) is 9.55 Å². The second-order valence-electron chi connectivity index (χ2n) is 6.11. The van der Waals surface area contributed by atoms with E-state index in [0.29, 0.717) is 23.3 Å². The number of amides is 1. The molecule has 0 radical (unpaired) electrons. The second kappa shape index (κ2) is 7.99. The molecule has 3 aromatic rings. The molecule has 1 N–H and O–H groups in total. The van der Waals surface area contributed by atoms with E-state index in [1.165, 1.54) is 30.5 Å². The van der Waals surface area contributed by atoms with Crippen LogP contribution in [0.5, 0.6) is 0 Å². The third-order valence-electron chi connectivity index (χ3n) is 4.08. The summed E-state index contributed by atoms with van der Waals surface area (Å²) in [6.07, 6.45) is 1.39. The zero-order chi connectivity index (χ0) is 20.3. The molecule has 0 fully saturated rings. The fraction of sp³-hybridized carbons (Fsp3) is 0.200. The summed E-state index contributed by atoms with van der Waals surface area (Å²) in [7, 11) is 0. The normalized spacial score (nSPS) is 10.7. The van der Waals surface area contributed by atoms with Crippen LogP contribution in [-0.2, 0) is 16.1 Å². The van der Waals surface area contributed by atoms with Crippen molar-refractivity contribution in [3.63, 3.8) is 0 Å². The first-order valence-electron chi connectivity index (χ1n) is 8.62. The van der Waals surface area contributed by atoms with Crippen molar-refractivity contribution in [3.8, 4) is 0 Å². The van der Waals surface area contributed by atoms with Gasteiger partial charge in [-0.2, -0.15) is 0 Å². The minimum absolute atomic E-state index is 0.172. The number of anilines is 1. The van der Waals surface area contributed by atoms with Gasteiger partial charge in [0.25, 0.3) is 5.91 Å². The summed E-state index contributed by atoms with van der Waals surface area (Å²) in [5.41, 5.74) is 0.925. The Morgan fingerprint density at radius 2 is 1.89 bits per heavy atom. The minimum Gasteiger partial charge on any atom is -0.452 e. The van der Waals surface area contributed by atoms with Crippen LogP contribution < -0.4 is 10.7 Å². The zero-order valence-electron chi connectivity index (χ0n) is 15.4. The number of carbonyl (C=O) groups excluding carboxylic acids is 2. The summed E-state index contributed by atoms with van der Waals surface area (Å²) in [6, 6.07) is 8.46. The number of nitrogens with one attached hydrogen (secondary N) is 1. The summed E-state index contributed by atoms with van der Waals surface area (Å²) < 4.78 is 19.5. The molecule has 0 saturated heterocycles. The number of esters is 1. The van der Waals surface area contributed by atoms with Crippen molar-refractivity contribution in [3.05, 3.63) is 69.9 Å². The van der Waals surface area contributed by atoms with Gasteiger partial charge in [-0.15, -0.1) is 0 Å². The van der Waals surface area contributed by atoms with Crippen LogP contribution in [0.15, 0.2) is 47.4 Å². The number of aryl methyl sites for hydroxylation is 2. The van der Waals surface area contributed by atoms with Crippen molar-refractivity contribution < 1.29 is 18.7 Å². The molecule has 2 aromatic heterocycles. The quantitative estimate of drug-likeness (QED) is 0.684. The van der Waals surface area contributed by atoms with Gasteiger partial charge in [-0.25, -0.2) is 14.2 Å². The molecule has 28 heavy (non-hydrogen) atoms. The van der Waals surface area contributed by atoms with Gasteiger partial charge in [0.2, 0.25) is 5.43 Å². The number of nitrogens with zero attached hydrogens (tertiary/aromatic N) is 2. The van der Waals surface area contributed by atoms with Gasteiger partial charge in [0.05, 0.1) is 5.39 Å². The summed E-state index contributed by atoms with van der Waals surface area (Å²) in [5.74, 6) is -1.93. The molecular formula is C20H18FN3O4. The number of benzene rings is 1. The van der Waals surface area contributed by atoms with Gasteiger partial charge in [-0.1, -0.05) is 0 Å². The van der Waals surface area contributed by atoms with Crippen LogP contribution in [0.25, 0.3) is 11.0 Å². The van der Waals surface area contributed by atoms with Crippen molar-refractivity contribution >= 4 is 28.6 Å². The highest BCUT2D eigenvalue weighted by Crippen LogP contribution is 2.12. The van der Waals surface area contributed by atoms with Crippen LogP contribution in [0.3, 0.4) is 0 Å². The number of halogens is 1. The summed E-state index contributed by atoms with van der Waals surface area (Å²) in [5, 5.41) is 2.78. The predicted octanol–water partition coefficient (Wildman–Crippen LogP) is 2.66. The Morgan fingerprint density at radius 3 is 2.57 bits per heavy atom. The summed E-state index contributed by atoms with van der Waals surface area (Å²) >= 11 is 0. The fourth-order valence-electron chi connectivity index (χ4n) is 2.69. The third-order valence-corrected chi connectivity index (χ3v) is 4.08. The van der Waals surface area contributed by atoms with E-state index in [-0.39, 0.29) is 5.56 Å². The van der Waals surface area contributed by atoms with Gasteiger partial charge in [-0.05, 0) is 50.2 Å². The van der Waals surface area contributed by atoms with Gasteiger partial charge in [0.1, 0.15) is 17.0 Å². The van der Waals surface area contributed by atoms with E-state index in [2.05, 4.69) is 10.3 Å². The van der Waals surface area contributed by atoms with Gasteiger partial charge in [0.15, 0.2) is 6.61 Å². The molecule has 0 unspecified atom stereocenters. The average molecular weight is 383 g/mol. The Morgan fingerprint density at radius 1 is 1.18 bits per heavy atom. The first-order chi connectivity index (χ1) is 13.4. The Labute approximate surface area is 159 Å². The van der Waals surface area contributed by atoms with Gasteiger partial charge in [-0.3, -0.25) is 9.59 Å². The largest absolute Gasteiger partial charge is 0.452 e. The maximum absolute atomic E-state index is 12.9. The van der Waals surface area contributed by atoms with E-state index < -0.39 is 29.7 Å². The Bertz CT molecular complexity index is 1110. The molecular weight excluding hydrogens is 365 g/mol. The Balaban J connectivity index is 1.77. The van der Waals surface area contributed by atoms with E-state index >= 15 is 0 Å². The molecule has 0 aliphatic heterocycles. The summed E-state index contributed by atoms with van der Waals surface area (Å²) in [6.45, 7) is 3.59. The highest BCUT2D eigenvalue weighted by molar-refractivity contribution is 5.96. The lowest BCUT2D eigenvalue weighted by Crippen LogP contribution is -2.25. The van der Waals surface area contributed by atoms with Crippen LogP contribution in [0.4, 0.5) is 10.1 Å². The van der Waals surface area contributed by atoms with Crippen LogP contribution in [0.2, 0.25) is 0 Å². The number of hydrogen-bond donors (Lipinski definition) is 1. The minimum atomic E-state index is -0.899. The van der Waals surface area contributed by atoms with Crippen molar-refractivity contribution in [2.75, 3.05) is 11.9 Å². The molecule has 0 aliphatic carbocycles. The maximum atomic E-state index is 12.9. The van der Waals surface area contributed by atoms with Gasteiger partial charge in [0, 0.05) is 24.1 Å². The molecule has 0 atom stereocenters. The van der Waals surface area contributed by atoms with Crippen LogP contribution in [0, 0.1) is 12.7 Å². The lowest BCUT2D eigenvalue weighted by molar-refractivity contribution is -0.119. The Hall–Kier alpha value is -3.55. The second-order valence-corrected chi connectivity index (χ2v) is 6.11. The molecule has 8 heteroatoms. The number of ether oxygens (including phenoxy) is 1. The topological polar surface area (TPSA) is 90.3 Å². The molecule has 0 bridgehead atoms. The third kappa shape index (κ3) is 4.06. The average Bonchev–Trinajstić information content (AvgIpc) is 2.68. The first-order valence-corrected chi connectivity index (χ1v) is 8.62. The molecule has 0 spiro atoms. The van der Waals surface area contributed by atoms with Gasteiger partial charge < -0.3 is 14.6 Å². The lowest BCUT2D eigenvalue weighted by Gasteiger charge is -2.11. The van der Waals surface area contributed by atoms with Crippen molar-refractivity contribution in [2.24, 2.45) is 0 Å². The molecule has 3 rings (SSSR count). The highest BCUT2D eigenvalue weighted by atomic mass is 19.1. The zero-order valence-corrected chi connectivity index (χ0v) is 15.4. The molecule has 1 amide bonds. The molecule has 0 saturated carbocycles. The fourth-order valence-corrected chi connectivity index (χ4v) is 2.69. The number of rotatable bonds is 5. The molecule has 7 nitrogen and oxygen atoms in total. The molecule has 2 heterocycles. The first kappa shape index (κ1) is 19.2. The van der Waals surface area contributed by atoms with Crippen molar-refractivity contribution in [2.45, 2.75) is 20.4 Å². The predicted molar refractivity (Wildman–Crippen MR) is 102 cm³/mol. The van der Waals surface area contributed by atoms with E-state index in [1.807, 2.05) is 13.8 Å². The molecule has 1 aromatic carbocycles. The van der Waals surface area contributed by atoms with E-state index in [9.17, 15) is 18.8 Å².